The molecule has 0 spiro atoms. The molecular weight excluding hydrogens is 226 g/mol. The molecule has 0 saturated heterocycles. The fourth-order valence-electron chi connectivity index (χ4n) is 0.842. The van der Waals surface area contributed by atoms with E-state index >= 15 is 0 Å². The molecule has 0 saturated carbocycles. The largest absolute Gasteiger partial charge is 0.470 e. The Bertz CT molecular complexity index is 521. The van der Waals surface area contributed by atoms with Gasteiger partial charge in [0.1, 0.15) is 23.0 Å². The Kier molecular flexibility index (Phi) is 3.03. The van der Waals surface area contributed by atoms with Gasteiger partial charge in [0, 0.05) is 0 Å². The van der Waals surface area contributed by atoms with E-state index in [1.807, 2.05) is 0 Å². The standard InChI is InChI=1S/C7H5NO6S/c1-13-7(10)5-2-14-3-6(5)15(11,12)8-4-9/h2-3H,1H3. The van der Waals surface area contributed by atoms with Crippen LogP contribution in [0.2, 0.25) is 0 Å². The molecule has 0 aliphatic rings. The lowest BCUT2D eigenvalue weighted by Gasteiger charge is -1.96. The fourth-order valence-corrected chi connectivity index (χ4v) is 1.63. The number of nitrogens with zero attached hydrogens (tertiary/aromatic N) is 1. The predicted molar refractivity (Wildman–Crippen MR) is 45.4 cm³/mol. The van der Waals surface area contributed by atoms with Crippen LogP contribution in [0.1, 0.15) is 10.4 Å². The Morgan fingerprint density at radius 3 is 2.73 bits per heavy atom. The van der Waals surface area contributed by atoms with E-state index in [1.165, 1.54) is 0 Å². The minimum atomic E-state index is -4.25. The molecular formula is C7H5NO6S. The highest BCUT2D eigenvalue weighted by molar-refractivity contribution is 7.90. The lowest BCUT2D eigenvalue weighted by atomic mass is 10.3. The summed E-state index contributed by atoms with van der Waals surface area (Å²) in [5, 5.41) is 0. The van der Waals surface area contributed by atoms with E-state index in [4.69, 9.17) is 0 Å². The topological polar surface area (TPSA) is 103 Å². The molecule has 0 aliphatic carbocycles. The average molecular weight is 231 g/mol. The highest BCUT2D eigenvalue weighted by Gasteiger charge is 2.25. The number of rotatable bonds is 3. The van der Waals surface area contributed by atoms with E-state index in [0.29, 0.717) is 0 Å². The molecule has 8 heteroatoms. The van der Waals surface area contributed by atoms with Crippen molar-refractivity contribution in [2.45, 2.75) is 4.90 Å². The highest BCUT2D eigenvalue weighted by atomic mass is 32.2. The molecule has 15 heavy (non-hydrogen) atoms. The summed E-state index contributed by atoms with van der Waals surface area (Å²) in [6.07, 6.45) is 2.54. The SMILES string of the molecule is COC(=O)c1cocc1S(=O)(=O)N=C=O. The van der Waals surface area contributed by atoms with Crippen LogP contribution in [0.4, 0.5) is 0 Å². The summed E-state index contributed by atoms with van der Waals surface area (Å²) in [5.41, 5.74) is -0.323. The van der Waals surface area contributed by atoms with Gasteiger partial charge in [-0.1, -0.05) is 4.40 Å². The summed E-state index contributed by atoms with van der Waals surface area (Å²) in [6, 6.07) is 0. The van der Waals surface area contributed by atoms with Gasteiger partial charge in [0.15, 0.2) is 0 Å². The van der Waals surface area contributed by atoms with Crippen molar-refractivity contribution < 1.29 is 27.2 Å². The van der Waals surface area contributed by atoms with E-state index in [0.717, 1.165) is 25.7 Å². The zero-order valence-corrected chi connectivity index (χ0v) is 8.28. The number of esters is 1. The predicted octanol–water partition coefficient (Wildman–Crippen LogP) is 0.0907. The number of methoxy groups -OCH3 is 1. The number of sulfonamides is 1. The maximum atomic E-state index is 11.2. The van der Waals surface area contributed by atoms with Crippen molar-refractivity contribution in [3.8, 4) is 0 Å². The summed E-state index contributed by atoms with van der Waals surface area (Å²) < 4.78 is 33.9. The molecule has 0 N–H and O–H groups in total. The number of carbonyl (C=O) groups is 1. The second-order valence-corrected chi connectivity index (χ2v) is 3.87. The number of ether oxygens (including phenoxy) is 1. The van der Waals surface area contributed by atoms with Crippen molar-refractivity contribution >= 4 is 22.1 Å². The van der Waals surface area contributed by atoms with Gasteiger partial charge in [-0.15, -0.1) is 0 Å². The van der Waals surface area contributed by atoms with E-state index in [-0.39, 0.29) is 5.56 Å². The van der Waals surface area contributed by atoms with E-state index < -0.39 is 20.9 Å². The quantitative estimate of drug-likeness (QED) is 0.415. The molecule has 1 rings (SSSR count). The van der Waals surface area contributed by atoms with Gasteiger partial charge in [-0.2, -0.15) is 8.42 Å². The summed E-state index contributed by atoms with van der Waals surface area (Å²) in [5.74, 6) is -0.900. The van der Waals surface area contributed by atoms with Crippen LogP contribution in [-0.4, -0.2) is 27.6 Å². The van der Waals surface area contributed by atoms with Crippen LogP contribution in [0.5, 0.6) is 0 Å². The molecule has 0 atom stereocenters. The normalized spacial score (nSPS) is 10.5. The van der Waals surface area contributed by atoms with E-state index in [2.05, 4.69) is 13.6 Å². The fraction of sp³-hybridized carbons (Fsp3) is 0.143. The summed E-state index contributed by atoms with van der Waals surface area (Å²) >= 11 is 0. The van der Waals surface area contributed by atoms with Gasteiger partial charge in [0.25, 0.3) is 16.1 Å². The molecule has 1 aromatic rings. The molecule has 0 aliphatic heterocycles. The maximum absolute atomic E-state index is 11.2. The van der Waals surface area contributed by atoms with Gasteiger partial charge in [-0.05, 0) is 0 Å². The third-order valence-corrected chi connectivity index (χ3v) is 2.65. The summed E-state index contributed by atoms with van der Waals surface area (Å²) in [6.45, 7) is 0. The van der Waals surface area contributed by atoms with Gasteiger partial charge in [-0.3, -0.25) is 0 Å². The Balaban J connectivity index is 3.34. The van der Waals surface area contributed by atoms with Crippen molar-refractivity contribution in [2.75, 3.05) is 7.11 Å². The maximum Gasteiger partial charge on any atom is 0.342 e. The zero-order chi connectivity index (χ0) is 11.5. The first-order valence-corrected chi connectivity index (χ1v) is 4.95. The molecule has 0 unspecified atom stereocenters. The molecule has 0 bridgehead atoms. The van der Waals surface area contributed by atoms with Crippen molar-refractivity contribution in [3.63, 3.8) is 0 Å². The van der Waals surface area contributed by atoms with Crippen molar-refractivity contribution in [1.82, 2.24) is 0 Å². The third kappa shape index (κ3) is 2.12. The van der Waals surface area contributed by atoms with Crippen LogP contribution >= 0.6 is 0 Å². The van der Waals surface area contributed by atoms with Crippen molar-refractivity contribution in [2.24, 2.45) is 4.40 Å². The first kappa shape index (κ1) is 11.2. The summed E-state index contributed by atoms with van der Waals surface area (Å²) in [4.78, 5) is 20.4. The van der Waals surface area contributed by atoms with Crippen molar-refractivity contribution in [3.05, 3.63) is 18.1 Å². The first-order chi connectivity index (χ1) is 7.03. The van der Waals surface area contributed by atoms with Crippen LogP contribution in [0.15, 0.2) is 26.2 Å². The second-order valence-electron chi connectivity index (χ2n) is 2.30. The molecule has 0 fully saturated rings. The highest BCUT2D eigenvalue weighted by Crippen LogP contribution is 2.19. The Morgan fingerprint density at radius 2 is 2.20 bits per heavy atom. The second kappa shape index (κ2) is 4.07. The minimum absolute atomic E-state index is 0.323. The van der Waals surface area contributed by atoms with E-state index in [9.17, 15) is 18.0 Å². The van der Waals surface area contributed by atoms with Crippen LogP contribution < -0.4 is 0 Å². The van der Waals surface area contributed by atoms with Gasteiger partial charge < -0.3 is 9.15 Å². The third-order valence-electron chi connectivity index (χ3n) is 1.47. The van der Waals surface area contributed by atoms with Crippen LogP contribution in [0.3, 0.4) is 0 Å². The molecule has 80 valence electrons. The smallest absolute Gasteiger partial charge is 0.342 e. The Morgan fingerprint density at radius 1 is 1.53 bits per heavy atom. The molecule has 0 amide bonds. The summed E-state index contributed by atoms with van der Waals surface area (Å²) in [7, 11) is -3.17. The van der Waals surface area contributed by atoms with Gasteiger partial charge in [0.05, 0.1) is 7.11 Å². The zero-order valence-electron chi connectivity index (χ0n) is 7.46. The number of isocyanates is 1. The van der Waals surface area contributed by atoms with Crippen LogP contribution in [0.25, 0.3) is 0 Å². The lowest BCUT2D eigenvalue weighted by Crippen LogP contribution is -2.06. The Labute approximate surface area is 84.4 Å². The van der Waals surface area contributed by atoms with E-state index in [1.54, 1.807) is 0 Å². The van der Waals surface area contributed by atoms with Gasteiger partial charge >= 0.3 is 5.97 Å². The minimum Gasteiger partial charge on any atom is -0.470 e. The van der Waals surface area contributed by atoms with Gasteiger partial charge in [-0.25, -0.2) is 9.59 Å². The number of carbonyl (C=O) groups excluding carboxylic acids is 2. The first-order valence-electron chi connectivity index (χ1n) is 3.51. The van der Waals surface area contributed by atoms with Crippen molar-refractivity contribution in [1.29, 1.82) is 0 Å². The molecule has 1 heterocycles. The molecule has 0 radical (unpaired) electrons. The lowest BCUT2D eigenvalue weighted by molar-refractivity contribution is 0.0596. The molecule has 7 nitrogen and oxygen atoms in total. The van der Waals surface area contributed by atoms with Gasteiger partial charge in [0.2, 0.25) is 0 Å². The average Bonchev–Trinajstić information content (AvgIpc) is 2.65. The number of hydrogen-bond donors (Lipinski definition) is 0. The number of furan rings is 1. The number of hydrogen-bond acceptors (Lipinski definition) is 6. The Hall–Kier alpha value is -1.92. The molecule has 1 aromatic heterocycles. The monoisotopic (exact) mass is 231 g/mol. The van der Waals surface area contributed by atoms with Crippen LogP contribution in [-0.2, 0) is 19.6 Å². The van der Waals surface area contributed by atoms with Crippen LogP contribution in [0, 0.1) is 0 Å². The molecule has 0 aromatic carbocycles.